The number of hydrogen-bond acceptors (Lipinski definition) is 5. The van der Waals surface area contributed by atoms with E-state index in [4.69, 9.17) is 9.47 Å². The number of ether oxygens (including phenoxy) is 2. The van der Waals surface area contributed by atoms with Gasteiger partial charge in [-0.15, -0.1) is 0 Å². The topological polar surface area (TPSA) is 72.8 Å². The average molecular weight is 681 g/mol. The third-order valence-electron chi connectivity index (χ3n) is 9.83. The van der Waals surface area contributed by atoms with Crippen LogP contribution in [0.2, 0.25) is 0 Å². The van der Waals surface area contributed by atoms with E-state index in [1.807, 2.05) is 0 Å². The number of carbonyl (C=O) groups is 2. The highest BCUT2D eigenvalue weighted by Crippen LogP contribution is 2.16. The first kappa shape index (κ1) is 46.9. The minimum atomic E-state index is -0.762. The van der Waals surface area contributed by atoms with Crippen molar-refractivity contribution in [1.29, 1.82) is 0 Å². The Morgan fingerprint density at radius 1 is 0.458 bits per heavy atom. The molecule has 0 aliphatic heterocycles. The first-order chi connectivity index (χ1) is 23.5. The van der Waals surface area contributed by atoms with Gasteiger partial charge in [-0.05, 0) is 18.8 Å². The molecule has 0 aromatic rings. The predicted octanol–water partition coefficient (Wildman–Crippen LogP) is 13.4. The lowest BCUT2D eigenvalue weighted by Crippen LogP contribution is -2.28. The summed E-state index contributed by atoms with van der Waals surface area (Å²) in [5.41, 5.74) is 0. The van der Waals surface area contributed by atoms with Gasteiger partial charge >= 0.3 is 11.9 Å². The lowest BCUT2D eigenvalue weighted by molar-refractivity contribution is -0.161. The third kappa shape index (κ3) is 37.7. The highest BCUT2D eigenvalue weighted by atomic mass is 16.6. The van der Waals surface area contributed by atoms with E-state index in [0.29, 0.717) is 12.8 Å². The molecule has 0 aromatic carbocycles. The molecule has 5 heteroatoms. The minimum absolute atomic E-state index is 0.0573. The molecule has 0 rings (SSSR count). The highest BCUT2D eigenvalue weighted by Gasteiger charge is 2.16. The number of unbranched alkanes of at least 4 members (excludes halogenated alkanes) is 29. The summed E-state index contributed by atoms with van der Waals surface area (Å²) in [6.07, 6.45) is 41.7. The van der Waals surface area contributed by atoms with E-state index in [1.54, 1.807) is 0 Å². The van der Waals surface area contributed by atoms with Crippen LogP contribution in [-0.4, -0.2) is 36.4 Å². The summed E-state index contributed by atoms with van der Waals surface area (Å²) >= 11 is 0. The zero-order valence-electron chi connectivity index (χ0n) is 32.7. The van der Waals surface area contributed by atoms with Crippen molar-refractivity contribution in [3.05, 3.63) is 0 Å². The number of rotatable bonds is 39. The predicted molar refractivity (Wildman–Crippen MR) is 205 cm³/mol. The van der Waals surface area contributed by atoms with Crippen molar-refractivity contribution in [3.8, 4) is 0 Å². The quantitative estimate of drug-likeness (QED) is 0.0517. The zero-order chi connectivity index (χ0) is 35.2. The Hall–Kier alpha value is -1.10. The standard InChI is InChI=1S/C43H84O5/c1-4-5-6-7-8-9-10-11-12-13-14-15-18-21-24-27-30-33-36-42(45)47-39-41(38-44)48-43(46)37-34-31-28-25-22-19-16-17-20-23-26-29-32-35-40(2)3/h40-41,44H,4-39H2,1-3H3/t41-/m0/s1. The highest BCUT2D eigenvalue weighted by molar-refractivity contribution is 5.70. The van der Waals surface area contributed by atoms with Gasteiger partial charge in [0, 0.05) is 12.8 Å². The van der Waals surface area contributed by atoms with Gasteiger partial charge in [-0.1, -0.05) is 213 Å². The van der Waals surface area contributed by atoms with E-state index < -0.39 is 6.10 Å². The molecule has 0 unspecified atom stereocenters. The van der Waals surface area contributed by atoms with Crippen molar-refractivity contribution in [2.75, 3.05) is 13.2 Å². The summed E-state index contributed by atoms with van der Waals surface area (Å²) in [5.74, 6) is 0.273. The van der Waals surface area contributed by atoms with Crippen LogP contribution in [0, 0.1) is 5.92 Å². The number of esters is 2. The van der Waals surface area contributed by atoms with Crippen LogP contribution in [0.5, 0.6) is 0 Å². The summed E-state index contributed by atoms with van der Waals surface area (Å²) in [7, 11) is 0. The van der Waals surface area contributed by atoms with Gasteiger partial charge in [0.2, 0.25) is 0 Å². The normalized spacial score (nSPS) is 12.1. The van der Waals surface area contributed by atoms with Gasteiger partial charge in [-0.25, -0.2) is 0 Å². The van der Waals surface area contributed by atoms with Crippen LogP contribution >= 0.6 is 0 Å². The van der Waals surface area contributed by atoms with Crippen LogP contribution in [0.3, 0.4) is 0 Å². The molecule has 0 amide bonds. The Bertz CT molecular complexity index is 664. The van der Waals surface area contributed by atoms with Crippen molar-refractivity contribution in [2.45, 2.75) is 245 Å². The van der Waals surface area contributed by atoms with Gasteiger partial charge in [0.15, 0.2) is 6.10 Å². The number of carbonyl (C=O) groups excluding carboxylic acids is 2. The molecule has 286 valence electrons. The molecule has 0 saturated carbocycles. The van der Waals surface area contributed by atoms with E-state index in [0.717, 1.165) is 38.0 Å². The summed E-state index contributed by atoms with van der Waals surface area (Å²) in [6.45, 7) is 6.53. The molecule has 1 atom stereocenters. The molecule has 0 aromatic heterocycles. The van der Waals surface area contributed by atoms with Crippen LogP contribution < -0.4 is 0 Å². The van der Waals surface area contributed by atoms with Gasteiger partial charge < -0.3 is 14.6 Å². The Morgan fingerprint density at radius 3 is 1.10 bits per heavy atom. The smallest absolute Gasteiger partial charge is 0.306 e. The second-order valence-electron chi connectivity index (χ2n) is 15.3. The van der Waals surface area contributed by atoms with Gasteiger partial charge in [0.05, 0.1) is 6.61 Å². The van der Waals surface area contributed by atoms with E-state index in [9.17, 15) is 14.7 Å². The lowest BCUT2D eigenvalue weighted by atomic mass is 10.0. The van der Waals surface area contributed by atoms with E-state index in [-0.39, 0.29) is 25.2 Å². The molecule has 0 aliphatic rings. The molecule has 0 fully saturated rings. The summed E-state index contributed by atoms with van der Waals surface area (Å²) in [5, 5.41) is 9.57. The summed E-state index contributed by atoms with van der Waals surface area (Å²) < 4.78 is 10.6. The van der Waals surface area contributed by atoms with Crippen molar-refractivity contribution < 1.29 is 24.2 Å². The number of aliphatic hydroxyl groups is 1. The molecule has 0 bridgehead atoms. The van der Waals surface area contributed by atoms with Crippen LogP contribution in [0.1, 0.15) is 239 Å². The zero-order valence-corrected chi connectivity index (χ0v) is 32.7. The second kappa shape index (κ2) is 38.7. The monoisotopic (exact) mass is 681 g/mol. The van der Waals surface area contributed by atoms with Crippen molar-refractivity contribution in [2.24, 2.45) is 5.92 Å². The van der Waals surface area contributed by atoms with Gasteiger partial charge in [-0.3, -0.25) is 9.59 Å². The fourth-order valence-electron chi connectivity index (χ4n) is 6.56. The fourth-order valence-corrected chi connectivity index (χ4v) is 6.56. The van der Waals surface area contributed by atoms with Crippen LogP contribution in [-0.2, 0) is 19.1 Å². The van der Waals surface area contributed by atoms with Crippen molar-refractivity contribution in [3.63, 3.8) is 0 Å². The largest absolute Gasteiger partial charge is 0.462 e. The second-order valence-corrected chi connectivity index (χ2v) is 15.3. The summed E-state index contributed by atoms with van der Waals surface area (Å²) in [4.78, 5) is 24.3. The third-order valence-corrected chi connectivity index (χ3v) is 9.83. The van der Waals surface area contributed by atoms with Crippen molar-refractivity contribution >= 4 is 11.9 Å². The molecule has 5 nitrogen and oxygen atoms in total. The molecule has 0 spiro atoms. The summed E-state index contributed by atoms with van der Waals surface area (Å²) in [6, 6.07) is 0. The minimum Gasteiger partial charge on any atom is -0.462 e. The van der Waals surface area contributed by atoms with Crippen LogP contribution in [0.25, 0.3) is 0 Å². The maximum absolute atomic E-state index is 12.2. The molecule has 0 radical (unpaired) electrons. The molecular formula is C43H84O5. The van der Waals surface area contributed by atoms with Gasteiger partial charge in [-0.2, -0.15) is 0 Å². The van der Waals surface area contributed by atoms with Crippen LogP contribution in [0.4, 0.5) is 0 Å². The molecule has 0 heterocycles. The Morgan fingerprint density at radius 2 is 0.771 bits per heavy atom. The Labute approximate surface area is 299 Å². The molecule has 1 N–H and O–H groups in total. The molecule has 0 aliphatic carbocycles. The van der Waals surface area contributed by atoms with E-state index in [1.165, 1.54) is 173 Å². The SMILES string of the molecule is CCCCCCCCCCCCCCCCCCCCC(=O)OC[C@H](CO)OC(=O)CCCCCCCCCCCCCCCC(C)C. The maximum atomic E-state index is 12.2. The van der Waals surface area contributed by atoms with Gasteiger partial charge in [0.1, 0.15) is 6.61 Å². The lowest BCUT2D eigenvalue weighted by Gasteiger charge is -2.15. The van der Waals surface area contributed by atoms with Crippen molar-refractivity contribution in [1.82, 2.24) is 0 Å². The first-order valence-corrected chi connectivity index (χ1v) is 21.5. The molecular weight excluding hydrogens is 596 g/mol. The average Bonchev–Trinajstić information content (AvgIpc) is 3.07. The Kier molecular flexibility index (Phi) is 37.8. The maximum Gasteiger partial charge on any atom is 0.306 e. The number of hydrogen-bond donors (Lipinski definition) is 1. The van der Waals surface area contributed by atoms with Gasteiger partial charge in [0.25, 0.3) is 0 Å². The molecule has 48 heavy (non-hydrogen) atoms. The first-order valence-electron chi connectivity index (χ1n) is 21.5. The van der Waals surface area contributed by atoms with E-state index >= 15 is 0 Å². The number of aliphatic hydroxyl groups excluding tert-OH is 1. The fraction of sp³-hybridized carbons (Fsp3) is 0.953. The van der Waals surface area contributed by atoms with Crippen LogP contribution in [0.15, 0.2) is 0 Å². The Balaban J connectivity index is 3.47. The van der Waals surface area contributed by atoms with E-state index in [2.05, 4.69) is 20.8 Å². The molecule has 0 saturated heterocycles.